The van der Waals surface area contributed by atoms with Gasteiger partial charge in [-0.1, -0.05) is 30.3 Å². The van der Waals surface area contributed by atoms with Crippen LogP contribution in [-0.2, 0) is 4.79 Å². The highest BCUT2D eigenvalue weighted by Crippen LogP contribution is 2.51. The summed E-state index contributed by atoms with van der Waals surface area (Å²) >= 11 is 0. The van der Waals surface area contributed by atoms with E-state index in [1.165, 1.54) is 5.56 Å². The first-order chi connectivity index (χ1) is 9.97. The van der Waals surface area contributed by atoms with Crippen LogP contribution in [0.15, 0.2) is 30.3 Å². The minimum absolute atomic E-state index is 0.0415. The van der Waals surface area contributed by atoms with Gasteiger partial charge in [0.25, 0.3) is 0 Å². The van der Waals surface area contributed by atoms with Crippen LogP contribution in [0.4, 0.5) is 13.2 Å². The fourth-order valence-corrected chi connectivity index (χ4v) is 3.59. The van der Waals surface area contributed by atoms with E-state index in [0.717, 1.165) is 6.42 Å². The van der Waals surface area contributed by atoms with Crippen molar-refractivity contribution in [2.45, 2.75) is 44.2 Å². The summed E-state index contributed by atoms with van der Waals surface area (Å²) in [7, 11) is 0. The Hall–Kier alpha value is -1.32. The summed E-state index contributed by atoms with van der Waals surface area (Å²) in [6.07, 6.45) is -2.20. The molecular weight excluding hydrogens is 277 g/mol. The second-order valence-corrected chi connectivity index (χ2v) is 6.35. The third-order valence-electron chi connectivity index (χ3n) is 4.98. The Kier molecular flexibility index (Phi) is 3.80. The molecule has 0 aromatic heterocycles. The summed E-state index contributed by atoms with van der Waals surface area (Å²) in [6, 6.07) is 9.92. The Labute approximate surface area is 122 Å². The van der Waals surface area contributed by atoms with Gasteiger partial charge in [-0.3, -0.25) is 4.79 Å². The number of halogens is 3. The maximum atomic E-state index is 12.6. The van der Waals surface area contributed by atoms with Gasteiger partial charge in [-0.05, 0) is 43.6 Å². The van der Waals surface area contributed by atoms with E-state index >= 15 is 0 Å². The molecule has 0 heterocycles. The first-order valence-corrected chi connectivity index (χ1v) is 7.62. The van der Waals surface area contributed by atoms with E-state index in [1.807, 2.05) is 30.3 Å². The van der Waals surface area contributed by atoms with E-state index in [-0.39, 0.29) is 30.5 Å². The molecule has 1 aromatic carbocycles. The first-order valence-electron chi connectivity index (χ1n) is 7.62. The lowest BCUT2D eigenvalue weighted by Gasteiger charge is -2.29. The summed E-state index contributed by atoms with van der Waals surface area (Å²) in [6.45, 7) is 0. The van der Waals surface area contributed by atoms with Crippen molar-refractivity contribution < 1.29 is 18.0 Å². The summed E-state index contributed by atoms with van der Waals surface area (Å²) in [4.78, 5) is 12.4. The van der Waals surface area contributed by atoms with Gasteiger partial charge in [0.2, 0.25) is 0 Å². The second-order valence-electron chi connectivity index (χ2n) is 6.35. The highest BCUT2D eigenvalue weighted by atomic mass is 19.4. The molecule has 2 unspecified atom stereocenters. The molecule has 2 aliphatic carbocycles. The number of Topliss-reactive ketones (excluding diaryl/α,β-unsaturated/α-hetero) is 1. The zero-order valence-electron chi connectivity index (χ0n) is 11.8. The molecule has 0 radical (unpaired) electrons. The number of carbonyl (C=O) groups is 1. The van der Waals surface area contributed by atoms with Crippen molar-refractivity contribution in [3.8, 4) is 0 Å². The SMILES string of the molecule is O=C(C1CCC(C(F)(F)F)CC1)C1CC1c1ccccc1. The first kappa shape index (κ1) is 14.6. The van der Waals surface area contributed by atoms with Crippen molar-refractivity contribution in [1.29, 1.82) is 0 Å². The van der Waals surface area contributed by atoms with Crippen LogP contribution in [0, 0.1) is 17.8 Å². The van der Waals surface area contributed by atoms with Crippen LogP contribution in [0.25, 0.3) is 0 Å². The molecule has 1 aromatic rings. The number of benzene rings is 1. The smallest absolute Gasteiger partial charge is 0.299 e. The molecule has 21 heavy (non-hydrogen) atoms. The number of alkyl halides is 3. The van der Waals surface area contributed by atoms with Crippen LogP contribution in [-0.4, -0.2) is 12.0 Å². The van der Waals surface area contributed by atoms with Crippen LogP contribution in [0.5, 0.6) is 0 Å². The van der Waals surface area contributed by atoms with Gasteiger partial charge < -0.3 is 0 Å². The largest absolute Gasteiger partial charge is 0.391 e. The molecule has 2 atom stereocenters. The highest BCUT2D eigenvalue weighted by molar-refractivity contribution is 5.87. The lowest BCUT2D eigenvalue weighted by atomic mass is 9.78. The molecule has 0 bridgehead atoms. The molecule has 0 spiro atoms. The van der Waals surface area contributed by atoms with Crippen LogP contribution in [0.2, 0.25) is 0 Å². The van der Waals surface area contributed by atoms with Gasteiger partial charge in [-0.15, -0.1) is 0 Å². The molecule has 4 heteroatoms. The summed E-state index contributed by atoms with van der Waals surface area (Å²) in [5, 5.41) is 0. The maximum absolute atomic E-state index is 12.6. The lowest BCUT2D eigenvalue weighted by molar-refractivity contribution is -0.184. The summed E-state index contributed by atoms with van der Waals surface area (Å²) < 4.78 is 37.9. The van der Waals surface area contributed by atoms with Gasteiger partial charge in [0, 0.05) is 11.8 Å². The second kappa shape index (κ2) is 5.47. The fourth-order valence-electron chi connectivity index (χ4n) is 3.59. The third-order valence-corrected chi connectivity index (χ3v) is 4.98. The quantitative estimate of drug-likeness (QED) is 0.788. The van der Waals surface area contributed by atoms with Crippen LogP contribution in [0.3, 0.4) is 0 Å². The van der Waals surface area contributed by atoms with Gasteiger partial charge >= 0.3 is 6.18 Å². The number of ketones is 1. The van der Waals surface area contributed by atoms with E-state index in [9.17, 15) is 18.0 Å². The van der Waals surface area contributed by atoms with E-state index in [0.29, 0.717) is 18.8 Å². The lowest BCUT2D eigenvalue weighted by Crippen LogP contribution is -2.30. The Bertz CT molecular complexity index is 501. The van der Waals surface area contributed by atoms with Crippen molar-refractivity contribution in [3.63, 3.8) is 0 Å². The number of carbonyl (C=O) groups excluding carboxylic acids is 1. The van der Waals surface area contributed by atoms with E-state index < -0.39 is 12.1 Å². The average molecular weight is 296 g/mol. The Morgan fingerprint density at radius 1 is 1.00 bits per heavy atom. The van der Waals surface area contributed by atoms with Gasteiger partial charge in [0.1, 0.15) is 5.78 Å². The number of hydrogen-bond acceptors (Lipinski definition) is 1. The summed E-state index contributed by atoms with van der Waals surface area (Å²) in [5.74, 6) is -0.823. The monoisotopic (exact) mass is 296 g/mol. The van der Waals surface area contributed by atoms with Crippen molar-refractivity contribution in [1.82, 2.24) is 0 Å². The average Bonchev–Trinajstić information content (AvgIpc) is 3.27. The molecule has 2 fully saturated rings. The molecule has 0 aliphatic heterocycles. The van der Waals surface area contributed by atoms with Gasteiger partial charge in [-0.2, -0.15) is 13.2 Å². The molecule has 2 saturated carbocycles. The van der Waals surface area contributed by atoms with E-state index in [1.54, 1.807) is 0 Å². The van der Waals surface area contributed by atoms with Crippen LogP contribution in [0.1, 0.15) is 43.6 Å². The minimum Gasteiger partial charge on any atom is -0.299 e. The van der Waals surface area contributed by atoms with Crippen LogP contribution < -0.4 is 0 Å². The predicted octanol–water partition coefficient (Wildman–Crippen LogP) is 4.73. The van der Waals surface area contributed by atoms with Gasteiger partial charge in [0.05, 0.1) is 5.92 Å². The number of hydrogen-bond donors (Lipinski definition) is 0. The van der Waals surface area contributed by atoms with Crippen molar-refractivity contribution in [2.75, 3.05) is 0 Å². The van der Waals surface area contributed by atoms with Crippen molar-refractivity contribution in [3.05, 3.63) is 35.9 Å². The molecular formula is C17H19F3O. The molecule has 2 aliphatic rings. The Morgan fingerprint density at radius 2 is 1.62 bits per heavy atom. The zero-order chi connectivity index (χ0) is 15.0. The van der Waals surface area contributed by atoms with Gasteiger partial charge in [0.15, 0.2) is 0 Å². The fraction of sp³-hybridized carbons (Fsp3) is 0.588. The minimum atomic E-state index is -4.10. The molecule has 1 nitrogen and oxygen atoms in total. The van der Waals surface area contributed by atoms with Crippen molar-refractivity contribution >= 4 is 5.78 Å². The molecule has 114 valence electrons. The molecule has 3 rings (SSSR count). The van der Waals surface area contributed by atoms with Crippen LogP contribution >= 0.6 is 0 Å². The molecule has 0 saturated heterocycles. The molecule has 0 amide bonds. The highest BCUT2D eigenvalue weighted by Gasteiger charge is 2.48. The predicted molar refractivity (Wildman–Crippen MR) is 73.8 cm³/mol. The zero-order valence-corrected chi connectivity index (χ0v) is 11.8. The molecule has 0 N–H and O–H groups in total. The normalized spacial score (nSPS) is 32.7. The van der Waals surface area contributed by atoms with Gasteiger partial charge in [-0.25, -0.2) is 0 Å². The Morgan fingerprint density at radius 3 is 2.19 bits per heavy atom. The standard InChI is InChI=1S/C17H19F3O/c18-17(19,20)13-8-6-12(7-9-13)16(21)15-10-14(15)11-4-2-1-3-5-11/h1-5,12-15H,6-10H2. The van der Waals surface area contributed by atoms with E-state index in [2.05, 4.69) is 0 Å². The number of rotatable bonds is 3. The Balaban J connectivity index is 1.54. The summed E-state index contributed by atoms with van der Waals surface area (Å²) in [5.41, 5.74) is 1.18. The third kappa shape index (κ3) is 3.14. The van der Waals surface area contributed by atoms with E-state index in [4.69, 9.17) is 0 Å². The topological polar surface area (TPSA) is 17.1 Å². The maximum Gasteiger partial charge on any atom is 0.391 e. The van der Waals surface area contributed by atoms with Crippen molar-refractivity contribution in [2.24, 2.45) is 17.8 Å².